The molecule has 0 fully saturated rings. The molecule has 0 saturated carbocycles. The summed E-state index contributed by atoms with van der Waals surface area (Å²) in [6, 6.07) is 1.88. The van der Waals surface area contributed by atoms with Gasteiger partial charge in [0.25, 0.3) is 0 Å². The quantitative estimate of drug-likeness (QED) is 0.279. The van der Waals surface area contributed by atoms with Gasteiger partial charge in [0.2, 0.25) is 0 Å². The van der Waals surface area contributed by atoms with E-state index >= 15 is 0 Å². The number of hydrogen-bond acceptors (Lipinski definition) is 6. The average Bonchev–Trinajstić information content (AvgIpc) is 2.31. The third-order valence-electron chi connectivity index (χ3n) is 2.03. The molecule has 0 spiro atoms. The number of hydrogen-bond donors (Lipinski definition) is 4. The van der Waals surface area contributed by atoms with E-state index in [2.05, 4.69) is 15.8 Å². The van der Waals surface area contributed by atoms with Crippen molar-refractivity contribution in [2.24, 2.45) is 5.10 Å². The first kappa shape index (κ1) is 14.6. The summed E-state index contributed by atoms with van der Waals surface area (Å²) < 4.78 is 0. The highest BCUT2D eigenvalue weighted by molar-refractivity contribution is 7.80. The second kappa shape index (κ2) is 6.50. The van der Waals surface area contributed by atoms with Gasteiger partial charge in [-0.15, -0.1) is 0 Å². The van der Waals surface area contributed by atoms with Crippen molar-refractivity contribution in [1.29, 1.82) is 0 Å². The van der Waals surface area contributed by atoms with E-state index in [0.29, 0.717) is 6.54 Å². The predicted octanol–water partition coefficient (Wildman–Crippen LogP) is 0.824. The van der Waals surface area contributed by atoms with Crippen LogP contribution in [0.3, 0.4) is 0 Å². The Morgan fingerprint density at radius 2 is 2.21 bits per heavy atom. The van der Waals surface area contributed by atoms with Gasteiger partial charge in [-0.3, -0.25) is 15.5 Å². The molecule has 8 nitrogen and oxygen atoms in total. The second-order valence-electron chi connectivity index (χ2n) is 3.39. The van der Waals surface area contributed by atoms with Gasteiger partial charge in [-0.05, 0) is 19.1 Å². The van der Waals surface area contributed by atoms with E-state index in [1.807, 2.05) is 6.92 Å². The van der Waals surface area contributed by atoms with Gasteiger partial charge in [-0.25, -0.2) is 0 Å². The van der Waals surface area contributed by atoms with E-state index in [9.17, 15) is 20.3 Å². The molecule has 0 aliphatic rings. The number of nitro benzene ring substituents is 1. The summed E-state index contributed by atoms with van der Waals surface area (Å²) >= 11 is 4.84. The van der Waals surface area contributed by atoms with Crippen molar-refractivity contribution < 1.29 is 15.1 Å². The van der Waals surface area contributed by atoms with E-state index in [1.54, 1.807) is 0 Å². The Bertz CT molecular complexity index is 533. The molecule has 102 valence electrons. The molecule has 1 rings (SSSR count). The van der Waals surface area contributed by atoms with Gasteiger partial charge < -0.3 is 15.5 Å². The molecule has 4 N–H and O–H groups in total. The molecule has 0 atom stereocenters. The van der Waals surface area contributed by atoms with Crippen molar-refractivity contribution in [3.63, 3.8) is 0 Å². The lowest BCUT2D eigenvalue weighted by atomic mass is 10.2. The third kappa shape index (κ3) is 4.07. The van der Waals surface area contributed by atoms with Crippen LogP contribution in [0.5, 0.6) is 11.5 Å². The first-order valence-electron chi connectivity index (χ1n) is 5.23. The van der Waals surface area contributed by atoms with E-state index < -0.39 is 16.4 Å². The maximum absolute atomic E-state index is 10.6. The Morgan fingerprint density at radius 3 is 2.79 bits per heavy atom. The molecule has 1 aromatic carbocycles. The monoisotopic (exact) mass is 284 g/mol. The minimum absolute atomic E-state index is 0.0799. The van der Waals surface area contributed by atoms with Crippen LogP contribution in [-0.2, 0) is 0 Å². The van der Waals surface area contributed by atoms with Crippen LogP contribution < -0.4 is 10.7 Å². The standard InChI is InChI=1S/C10H12N4O4S/c1-2-11-10(19)13-12-5-6-3-7(14(17)18)9(16)4-8(6)15/h3-5,15-16H,2H2,1H3,(H2,11,13,19). The minimum atomic E-state index is -0.761. The highest BCUT2D eigenvalue weighted by Gasteiger charge is 2.16. The fraction of sp³-hybridized carbons (Fsp3) is 0.200. The highest BCUT2D eigenvalue weighted by Crippen LogP contribution is 2.31. The molecular weight excluding hydrogens is 272 g/mol. The van der Waals surface area contributed by atoms with Crippen molar-refractivity contribution in [1.82, 2.24) is 10.7 Å². The smallest absolute Gasteiger partial charge is 0.311 e. The van der Waals surface area contributed by atoms with Gasteiger partial charge in [-0.2, -0.15) is 5.10 Å². The molecule has 0 unspecified atom stereocenters. The van der Waals surface area contributed by atoms with Gasteiger partial charge in [0.05, 0.1) is 11.1 Å². The second-order valence-corrected chi connectivity index (χ2v) is 3.79. The molecule has 19 heavy (non-hydrogen) atoms. The number of hydrazone groups is 1. The Kier molecular flexibility index (Phi) is 5.01. The van der Waals surface area contributed by atoms with Crippen molar-refractivity contribution in [2.75, 3.05) is 6.54 Å². The maximum Gasteiger partial charge on any atom is 0.311 e. The van der Waals surface area contributed by atoms with Crippen LogP contribution in [-0.4, -0.2) is 33.0 Å². The Balaban J connectivity index is 2.89. The Morgan fingerprint density at radius 1 is 1.53 bits per heavy atom. The molecule has 0 aliphatic heterocycles. The van der Waals surface area contributed by atoms with E-state index in [0.717, 1.165) is 18.3 Å². The summed E-state index contributed by atoms with van der Waals surface area (Å²) in [7, 11) is 0. The van der Waals surface area contributed by atoms with Gasteiger partial charge >= 0.3 is 5.69 Å². The largest absolute Gasteiger partial charge is 0.507 e. The molecule has 0 bridgehead atoms. The summed E-state index contributed by atoms with van der Waals surface area (Å²) in [5.41, 5.74) is 2.03. The summed E-state index contributed by atoms with van der Waals surface area (Å²) in [4.78, 5) is 9.86. The molecule has 0 heterocycles. The minimum Gasteiger partial charge on any atom is -0.507 e. The van der Waals surface area contributed by atoms with Gasteiger partial charge in [0.15, 0.2) is 10.9 Å². The maximum atomic E-state index is 10.6. The molecular formula is C10H12N4O4S. The summed E-state index contributed by atoms with van der Waals surface area (Å²) in [5.74, 6) is -0.946. The molecule has 0 aliphatic carbocycles. The molecule has 9 heteroatoms. The fourth-order valence-corrected chi connectivity index (χ4v) is 1.39. The van der Waals surface area contributed by atoms with Crippen LogP contribution in [0.15, 0.2) is 17.2 Å². The van der Waals surface area contributed by atoms with Crippen LogP contribution in [0.4, 0.5) is 5.69 Å². The molecule has 0 radical (unpaired) electrons. The third-order valence-corrected chi connectivity index (χ3v) is 2.26. The number of phenols is 2. The molecule has 0 aromatic heterocycles. The first-order chi connectivity index (χ1) is 8.95. The number of nitrogens with zero attached hydrogens (tertiary/aromatic N) is 2. The van der Waals surface area contributed by atoms with Crippen LogP contribution >= 0.6 is 12.2 Å². The van der Waals surface area contributed by atoms with Crippen molar-refractivity contribution >= 4 is 29.2 Å². The van der Waals surface area contributed by atoms with Crippen LogP contribution in [0.25, 0.3) is 0 Å². The zero-order valence-corrected chi connectivity index (χ0v) is 10.8. The van der Waals surface area contributed by atoms with Gasteiger partial charge in [0.1, 0.15) is 5.75 Å². The topological polar surface area (TPSA) is 120 Å². The summed E-state index contributed by atoms with van der Waals surface area (Å²) in [5, 5.41) is 36.2. The molecule has 0 saturated heterocycles. The molecule has 1 aromatic rings. The van der Waals surface area contributed by atoms with Crippen LogP contribution in [0.1, 0.15) is 12.5 Å². The number of thiocarbonyl (C=S) groups is 1. The van der Waals surface area contributed by atoms with Gasteiger partial charge in [0, 0.05) is 24.2 Å². The number of rotatable bonds is 4. The predicted molar refractivity (Wildman–Crippen MR) is 73.4 cm³/mol. The normalized spacial score (nSPS) is 10.4. The Labute approximate surface area is 113 Å². The Hall–Kier alpha value is -2.42. The lowest BCUT2D eigenvalue weighted by Crippen LogP contribution is -2.31. The molecule has 0 amide bonds. The van der Waals surface area contributed by atoms with Crippen molar-refractivity contribution in [3.05, 3.63) is 27.8 Å². The highest BCUT2D eigenvalue weighted by atomic mass is 32.1. The number of nitro groups is 1. The zero-order valence-electron chi connectivity index (χ0n) is 9.95. The lowest BCUT2D eigenvalue weighted by Gasteiger charge is -2.04. The van der Waals surface area contributed by atoms with Gasteiger partial charge in [-0.1, -0.05) is 0 Å². The fourth-order valence-electron chi connectivity index (χ4n) is 1.19. The van der Waals surface area contributed by atoms with E-state index in [-0.39, 0.29) is 16.4 Å². The van der Waals surface area contributed by atoms with Crippen LogP contribution in [0, 0.1) is 10.1 Å². The lowest BCUT2D eigenvalue weighted by molar-refractivity contribution is -0.385. The number of nitrogens with one attached hydrogen (secondary N) is 2. The van der Waals surface area contributed by atoms with E-state index in [4.69, 9.17) is 12.2 Å². The number of aromatic hydroxyl groups is 2. The SMILES string of the molecule is CCNC(=S)NN=Cc1cc([N+](=O)[O-])c(O)cc1O. The number of benzene rings is 1. The summed E-state index contributed by atoms with van der Waals surface area (Å²) in [6.45, 7) is 2.48. The first-order valence-corrected chi connectivity index (χ1v) is 5.63. The average molecular weight is 284 g/mol. The summed E-state index contributed by atoms with van der Waals surface area (Å²) in [6.07, 6.45) is 1.16. The van der Waals surface area contributed by atoms with Crippen LogP contribution in [0.2, 0.25) is 0 Å². The van der Waals surface area contributed by atoms with Crippen molar-refractivity contribution in [3.8, 4) is 11.5 Å². The van der Waals surface area contributed by atoms with Crippen molar-refractivity contribution in [2.45, 2.75) is 6.92 Å². The van der Waals surface area contributed by atoms with E-state index in [1.165, 1.54) is 0 Å². The number of phenolic OH excluding ortho intramolecular Hbond substituents is 2. The zero-order chi connectivity index (χ0) is 14.4.